The molecular formula is C20H17NS. The van der Waals surface area contributed by atoms with Crippen molar-refractivity contribution >= 4 is 17.3 Å². The third kappa shape index (κ3) is 3.00. The standard InChI is InChI=1S/C20H17NS/c1-15-6-2-4-8-18(15)20(12-16-10-11-22-14-16)19-9-5-3-7-17(19)13-21/h2-12,16H,14H2,1H3. The van der Waals surface area contributed by atoms with Gasteiger partial charge in [-0.2, -0.15) is 5.26 Å². The Morgan fingerprint density at radius 3 is 2.55 bits per heavy atom. The van der Waals surface area contributed by atoms with Crippen LogP contribution in [0.3, 0.4) is 0 Å². The Balaban J connectivity index is 2.17. The molecular weight excluding hydrogens is 286 g/mol. The van der Waals surface area contributed by atoms with Crippen LogP contribution in [-0.2, 0) is 0 Å². The van der Waals surface area contributed by atoms with E-state index in [1.807, 2.05) is 36.0 Å². The number of nitriles is 1. The molecule has 2 aromatic carbocycles. The van der Waals surface area contributed by atoms with Gasteiger partial charge < -0.3 is 0 Å². The molecule has 1 atom stereocenters. The highest BCUT2D eigenvalue weighted by molar-refractivity contribution is 8.02. The van der Waals surface area contributed by atoms with E-state index < -0.39 is 0 Å². The van der Waals surface area contributed by atoms with Crippen LogP contribution in [0.2, 0.25) is 0 Å². The quantitative estimate of drug-likeness (QED) is 0.780. The number of hydrogen-bond donors (Lipinski definition) is 0. The maximum atomic E-state index is 9.45. The highest BCUT2D eigenvalue weighted by Gasteiger charge is 2.15. The summed E-state index contributed by atoms with van der Waals surface area (Å²) in [6.45, 7) is 2.12. The van der Waals surface area contributed by atoms with E-state index in [-0.39, 0.29) is 0 Å². The Morgan fingerprint density at radius 1 is 1.14 bits per heavy atom. The smallest absolute Gasteiger partial charge is 0.0998 e. The van der Waals surface area contributed by atoms with Gasteiger partial charge in [0.05, 0.1) is 11.6 Å². The molecule has 0 amide bonds. The van der Waals surface area contributed by atoms with Gasteiger partial charge in [-0.3, -0.25) is 0 Å². The molecule has 1 aliphatic heterocycles. The molecule has 1 aliphatic rings. The van der Waals surface area contributed by atoms with E-state index in [0.29, 0.717) is 5.92 Å². The molecule has 2 heteroatoms. The van der Waals surface area contributed by atoms with E-state index in [9.17, 15) is 5.26 Å². The van der Waals surface area contributed by atoms with Crippen molar-refractivity contribution in [2.75, 3.05) is 5.75 Å². The topological polar surface area (TPSA) is 23.8 Å². The molecule has 22 heavy (non-hydrogen) atoms. The fraction of sp³-hybridized carbons (Fsp3) is 0.150. The highest BCUT2D eigenvalue weighted by Crippen LogP contribution is 2.32. The second-order valence-corrected chi connectivity index (χ2v) is 6.32. The minimum absolute atomic E-state index is 0.423. The van der Waals surface area contributed by atoms with E-state index >= 15 is 0 Å². The predicted molar refractivity (Wildman–Crippen MR) is 94.5 cm³/mol. The van der Waals surface area contributed by atoms with Crippen LogP contribution in [0.1, 0.15) is 22.3 Å². The summed E-state index contributed by atoms with van der Waals surface area (Å²) >= 11 is 1.84. The Bertz CT molecular complexity index is 780. The van der Waals surface area contributed by atoms with Crippen LogP contribution in [0.15, 0.2) is 66.1 Å². The molecule has 2 aromatic rings. The summed E-state index contributed by atoms with van der Waals surface area (Å²) in [5.74, 6) is 1.50. The van der Waals surface area contributed by atoms with Crippen molar-refractivity contribution in [2.45, 2.75) is 6.92 Å². The lowest BCUT2D eigenvalue weighted by Crippen LogP contribution is -1.99. The van der Waals surface area contributed by atoms with Crippen LogP contribution in [0.4, 0.5) is 0 Å². The van der Waals surface area contributed by atoms with Crippen LogP contribution in [-0.4, -0.2) is 5.75 Å². The van der Waals surface area contributed by atoms with Gasteiger partial charge in [0.1, 0.15) is 0 Å². The normalized spacial score (nSPS) is 17.5. The molecule has 0 bridgehead atoms. The summed E-state index contributed by atoms with van der Waals surface area (Å²) in [6, 6.07) is 18.6. The fourth-order valence-electron chi connectivity index (χ4n) is 2.71. The molecule has 0 N–H and O–H groups in total. The molecule has 0 spiro atoms. The van der Waals surface area contributed by atoms with E-state index in [4.69, 9.17) is 0 Å². The van der Waals surface area contributed by atoms with Crippen LogP contribution in [0.25, 0.3) is 5.57 Å². The molecule has 0 fully saturated rings. The van der Waals surface area contributed by atoms with Gasteiger partial charge in [0.25, 0.3) is 0 Å². The molecule has 1 nitrogen and oxygen atoms in total. The summed E-state index contributed by atoms with van der Waals surface area (Å²) in [5, 5.41) is 11.6. The SMILES string of the molecule is Cc1ccccc1C(=CC1C=CSC1)c1ccccc1C#N. The van der Waals surface area contributed by atoms with Gasteiger partial charge in [0, 0.05) is 11.7 Å². The number of hydrogen-bond acceptors (Lipinski definition) is 2. The molecule has 1 heterocycles. The zero-order valence-electron chi connectivity index (χ0n) is 12.5. The van der Waals surface area contributed by atoms with Gasteiger partial charge in [-0.15, -0.1) is 11.8 Å². The second-order valence-electron chi connectivity index (χ2n) is 5.38. The van der Waals surface area contributed by atoms with Crippen molar-refractivity contribution in [3.05, 3.63) is 88.3 Å². The number of allylic oxidation sites excluding steroid dienone is 2. The minimum atomic E-state index is 0.423. The predicted octanol–water partition coefficient (Wildman–Crippen LogP) is 5.18. The van der Waals surface area contributed by atoms with Crippen molar-refractivity contribution < 1.29 is 0 Å². The first kappa shape index (κ1) is 14.7. The first-order valence-corrected chi connectivity index (χ1v) is 8.40. The number of benzene rings is 2. The molecule has 1 unspecified atom stereocenters. The Hall–Kier alpha value is -2.24. The van der Waals surface area contributed by atoms with E-state index in [1.165, 1.54) is 11.1 Å². The van der Waals surface area contributed by atoms with E-state index in [1.54, 1.807) is 0 Å². The van der Waals surface area contributed by atoms with Crippen LogP contribution in [0, 0.1) is 24.2 Å². The summed E-state index contributed by atoms with van der Waals surface area (Å²) in [6.07, 6.45) is 4.53. The van der Waals surface area contributed by atoms with Gasteiger partial charge in [0.15, 0.2) is 0 Å². The fourth-order valence-corrected chi connectivity index (χ4v) is 3.57. The van der Waals surface area contributed by atoms with Crippen molar-refractivity contribution in [3.63, 3.8) is 0 Å². The monoisotopic (exact) mass is 303 g/mol. The first-order chi connectivity index (χ1) is 10.8. The summed E-state index contributed by atoms with van der Waals surface area (Å²) in [7, 11) is 0. The van der Waals surface area contributed by atoms with Crippen LogP contribution >= 0.6 is 11.8 Å². The number of nitrogens with zero attached hydrogens (tertiary/aromatic N) is 1. The maximum Gasteiger partial charge on any atom is 0.0998 e. The molecule has 0 saturated heterocycles. The van der Waals surface area contributed by atoms with Gasteiger partial charge in [0.2, 0.25) is 0 Å². The molecule has 0 aromatic heterocycles. The van der Waals surface area contributed by atoms with Gasteiger partial charge >= 0.3 is 0 Å². The molecule has 0 saturated carbocycles. The third-order valence-corrected chi connectivity index (χ3v) is 4.79. The number of aryl methyl sites for hydroxylation is 1. The summed E-state index contributed by atoms with van der Waals surface area (Å²) in [5.41, 5.74) is 5.34. The second kappa shape index (κ2) is 6.68. The average Bonchev–Trinajstić information content (AvgIpc) is 3.06. The van der Waals surface area contributed by atoms with Crippen LogP contribution < -0.4 is 0 Å². The lowest BCUT2D eigenvalue weighted by atomic mass is 9.89. The number of thioether (sulfide) groups is 1. The van der Waals surface area contributed by atoms with Gasteiger partial charge in [-0.05, 0) is 40.7 Å². The Labute approximate surface area is 136 Å². The van der Waals surface area contributed by atoms with Crippen LogP contribution in [0.5, 0.6) is 0 Å². The zero-order chi connectivity index (χ0) is 15.4. The molecule has 108 valence electrons. The first-order valence-electron chi connectivity index (χ1n) is 7.35. The molecule has 0 radical (unpaired) electrons. The van der Waals surface area contributed by atoms with E-state index in [2.05, 4.69) is 54.8 Å². The maximum absolute atomic E-state index is 9.45. The number of rotatable bonds is 3. The third-order valence-electron chi connectivity index (χ3n) is 3.86. The summed E-state index contributed by atoms with van der Waals surface area (Å²) in [4.78, 5) is 0. The lowest BCUT2D eigenvalue weighted by molar-refractivity contribution is 0.976. The molecule has 3 rings (SSSR count). The minimum Gasteiger partial charge on any atom is -0.192 e. The average molecular weight is 303 g/mol. The van der Waals surface area contributed by atoms with Gasteiger partial charge in [-0.25, -0.2) is 0 Å². The Kier molecular flexibility index (Phi) is 4.46. The van der Waals surface area contributed by atoms with Crippen molar-refractivity contribution in [1.82, 2.24) is 0 Å². The Morgan fingerprint density at radius 2 is 1.86 bits per heavy atom. The van der Waals surface area contributed by atoms with Crippen molar-refractivity contribution in [3.8, 4) is 6.07 Å². The highest BCUT2D eigenvalue weighted by atomic mass is 32.2. The molecule has 0 aliphatic carbocycles. The lowest BCUT2D eigenvalue weighted by Gasteiger charge is -2.14. The van der Waals surface area contributed by atoms with Crippen molar-refractivity contribution in [1.29, 1.82) is 5.26 Å². The largest absolute Gasteiger partial charge is 0.192 e. The van der Waals surface area contributed by atoms with Gasteiger partial charge in [-0.1, -0.05) is 54.6 Å². The summed E-state index contributed by atoms with van der Waals surface area (Å²) < 4.78 is 0. The van der Waals surface area contributed by atoms with E-state index in [0.717, 1.165) is 22.5 Å². The van der Waals surface area contributed by atoms with Crippen molar-refractivity contribution in [2.24, 2.45) is 5.92 Å². The zero-order valence-corrected chi connectivity index (χ0v) is 13.3.